The quantitative estimate of drug-likeness (QED) is 0.460. The highest BCUT2D eigenvalue weighted by Crippen LogP contribution is 2.33. The molecule has 30 heavy (non-hydrogen) atoms. The number of anilines is 1. The third-order valence-corrected chi connectivity index (χ3v) is 5.03. The molecule has 2 aromatic rings. The Morgan fingerprint density at radius 3 is 2.53 bits per heavy atom. The van der Waals surface area contributed by atoms with Gasteiger partial charge < -0.3 is 10.2 Å². The van der Waals surface area contributed by atoms with Crippen molar-refractivity contribution in [3.63, 3.8) is 0 Å². The maximum absolute atomic E-state index is 13.3. The summed E-state index contributed by atoms with van der Waals surface area (Å²) in [6.07, 6.45) is -3.60. The molecule has 1 fully saturated rings. The Morgan fingerprint density at radius 1 is 1.30 bits per heavy atom. The maximum atomic E-state index is 13.3. The van der Waals surface area contributed by atoms with Gasteiger partial charge in [-0.15, -0.1) is 0 Å². The van der Waals surface area contributed by atoms with Crippen molar-refractivity contribution in [1.82, 2.24) is 10.3 Å². The molecule has 2 atom stereocenters. The molecule has 1 amide bonds. The highest BCUT2D eigenvalue weighted by molar-refractivity contribution is 5.82. The van der Waals surface area contributed by atoms with E-state index < -0.39 is 34.8 Å². The summed E-state index contributed by atoms with van der Waals surface area (Å²) in [7, 11) is 0. The van der Waals surface area contributed by atoms with E-state index in [1.54, 1.807) is 11.8 Å². The molecule has 0 aliphatic carbocycles. The fourth-order valence-electron chi connectivity index (χ4n) is 3.63. The first-order chi connectivity index (χ1) is 14.1. The lowest BCUT2D eigenvalue weighted by Gasteiger charge is -2.40. The topological polar surface area (TPSA) is 88.4 Å². The van der Waals surface area contributed by atoms with E-state index in [9.17, 15) is 32.5 Å². The number of hydrogen-bond acceptors (Lipinski definition) is 5. The van der Waals surface area contributed by atoms with Gasteiger partial charge in [-0.2, -0.15) is 13.2 Å². The molecule has 7 nitrogen and oxygen atoms in total. The minimum Gasteiger partial charge on any atom is -0.354 e. The molecule has 0 spiro atoms. The van der Waals surface area contributed by atoms with Crippen molar-refractivity contribution in [2.24, 2.45) is 0 Å². The standard InChI is InChI=1S/C19H18F4N4O3/c1-11-8-14(27(29)30)9-24-17(11)26-7-6-15(12-2-4-13(20)5-3-12)16(10-26)25-18(28)19(21,22)23/h2-5,8-9,15-16H,6-7,10H2,1H3,(H,25,28). The van der Waals surface area contributed by atoms with Gasteiger partial charge in [0, 0.05) is 25.1 Å². The number of pyridine rings is 1. The molecular weight excluding hydrogens is 408 g/mol. The lowest BCUT2D eigenvalue weighted by molar-refractivity contribution is -0.385. The Hall–Kier alpha value is -3.24. The van der Waals surface area contributed by atoms with Gasteiger partial charge in [-0.05, 0) is 36.6 Å². The molecule has 2 heterocycles. The molecule has 0 radical (unpaired) electrons. The van der Waals surface area contributed by atoms with Gasteiger partial charge in [0.25, 0.3) is 5.69 Å². The summed E-state index contributed by atoms with van der Waals surface area (Å²) in [5.41, 5.74) is 0.904. The molecular formula is C19H18F4N4O3. The van der Waals surface area contributed by atoms with E-state index in [1.807, 2.05) is 5.32 Å². The van der Waals surface area contributed by atoms with Crippen LogP contribution in [-0.4, -0.2) is 41.1 Å². The van der Waals surface area contributed by atoms with Gasteiger partial charge in [0.15, 0.2) is 0 Å². The van der Waals surface area contributed by atoms with E-state index >= 15 is 0 Å². The molecule has 1 aromatic carbocycles. The molecule has 2 unspecified atom stereocenters. The fraction of sp³-hybridized carbons (Fsp3) is 0.368. The smallest absolute Gasteiger partial charge is 0.354 e. The number of piperidine rings is 1. The summed E-state index contributed by atoms with van der Waals surface area (Å²) in [4.78, 5) is 27.7. The van der Waals surface area contributed by atoms with Gasteiger partial charge in [-0.1, -0.05) is 12.1 Å². The average Bonchev–Trinajstić information content (AvgIpc) is 2.68. The van der Waals surface area contributed by atoms with Gasteiger partial charge in [-0.3, -0.25) is 14.9 Å². The SMILES string of the molecule is Cc1cc([N+](=O)[O-])cnc1N1CCC(c2ccc(F)cc2)C(NC(=O)C(F)(F)F)C1. The number of nitrogens with one attached hydrogen (secondary N) is 1. The molecule has 160 valence electrons. The highest BCUT2D eigenvalue weighted by atomic mass is 19.4. The number of halogens is 4. The normalized spacial score (nSPS) is 19.4. The largest absolute Gasteiger partial charge is 0.471 e. The minimum atomic E-state index is -5.04. The van der Waals surface area contributed by atoms with Gasteiger partial charge >= 0.3 is 12.1 Å². The summed E-state index contributed by atoms with van der Waals surface area (Å²) < 4.78 is 51.8. The Labute approximate surface area is 168 Å². The van der Waals surface area contributed by atoms with Crippen molar-refractivity contribution < 1.29 is 27.3 Å². The Balaban J connectivity index is 1.88. The lowest BCUT2D eigenvalue weighted by Crippen LogP contribution is -2.54. The van der Waals surface area contributed by atoms with Crippen LogP contribution in [0, 0.1) is 22.9 Å². The summed E-state index contributed by atoms with van der Waals surface area (Å²) in [5.74, 6) is -2.61. The zero-order chi connectivity index (χ0) is 22.1. The molecule has 1 saturated heterocycles. The van der Waals surface area contributed by atoms with Crippen molar-refractivity contribution in [1.29, 1.82) is 0 Å². The van der Waals surface area contributed by atoms with Gasteiger partial charge in [-0.25, -0.2) is 9.37 Å². The Kier molecular flexibility index (Phi) is 5.90. The van der Waals surface area contributed by atoms with Crippen LogP contribution >= 0.6 is 0 Å². The first-order valence-electron chi connectivity index (χ1n) is 9.05. The number of benzene rings is 1. The summed E-state index contributed by atoms with van der Waals surface area (Å²) in [6.45, 7) is 2.02. The van der Waals surface area contributed by atoms with Gasteiger partial charge in [0.2, 0.25) is 0 Å². The first-order valence-corrected chi connectivity index (χ1v) is 9.05. The molecule has 1 aliphatic rings. The third kappa shape index (κ3) is 4.66. The van der Waals surface area contributed by atoms with E-state index in [0.717, 1.165) is 6.20 Å². The number of aromatic nitrogens is 1. The number of amides is 1. The summed E-state index contributed by atoms with van der Waals surface area (Å²) in [6, 6.07) is 5.81. The number of carbonyl (C=O) groups excluding carboxylic acids is 1. The number of nitrogens with zero attached hydrogens (tertiary/aromatic N) is 3. The second-order valence-corrected chi connectivity index (χ2v) is 7.06. The molecule has 0 saturated carbocycles. The van der Waals surface area contributed by atoms with Crippen LogP contribution in [0.3, 0.4) is 0 Å². The van der Waals surface area contributed by atoms with Crippen molar-refractivity contribution in [3.05, 3.63) is 63.6 Å². The van der Waals surface area contributed by atoms with Crippen LogP contribution in [0.2, 0.25) is 0 Å². The van der Waals surface area contributed by atoms with Crippen molar-refractivity contribution >= 4 is 17.4 Å². The number of rotatable bonds is 4. The van der Waals surface area contributed by atoms with Gasteiger partial charge in [0.1, 0.15) is 17.8 Å². The first kappa shape index (κ1) is 21.5. The third-order valence-electron chi connectivity index (χ3n) is 5.03. The number of carbonyl (C=O) groups is 1. The van der Waals surface area contributed by atoms with Crippen LogP contribution in [0.15, 0.2) is 36.5 Å². The van der Waals surface area contributed by atoms with E-state index in [2.05, 4.69) is 4.98 Å². The Morgan fingerprint density at radius 2 is 1.97 bits per heavy atom. The maximum Gasteiger partial charge on any atom is 0.471 e. The van der Waals surface area contributed by atoms with Gasteiger partial charge in [0.05, 0.1) is 11.0 Å². The number of nitro groups is 1. The van der Waals surface area contributed by atoms with Crippen molar-refractivity contribution in [2.75, 3.05) is 18.0 Å². The zero-order valence-corrected chi connectivity index (χ0v) is 15.8. The van der Waals surface area contributed by atoms with Crippen LogP contribution in [0.5, 0.6) is 0 Å². The molecule has 0 bridgehead atoms. The van der Waals surface area contributed by atoms with Crippen LogP contribution in [0.25, 0.3) is 0 Å². The number of aryl methyl sites for hydroxylation is 1. The van der Waals surface area contributed by atoms with Crippen LogP contribution in [-0.2, 0) is 4.79 Å². The average molecular weight is 426 g/mol. The second-order valence-electron chi connectivity index (χ2n) is 7.06. The number of alkyl halides is 3. The van der Waals surface area contributed by atoms with E-state index in [0.29, 0.717) is 29.9 Å². The molecule has 11 heteroatoms. The highest BCUT2D eigenvalue weighted by Gasteiger charge is 2.42. The van der Waals surface area contributed by atoms with E-state index in [-0.39, 0.29) is 12.2 Å². The van der Waals surface area contributed by atoms with Crippen LogP contribution < -0.4 is 10.2 Å². The summed E-state index contributed by atoms with van der Waals surface area (Å²) in [5, 5.41) is 12.9. The molecule has 1 aliphatic heterocycles. The molecule has 3 rings (SSSR count). The predicted octanol–water partition coefficient (Wildman–Crippen LogP) is 3.48. The monoisotopic (exact) mass is 426 g/mol. The van der Waals surface area contributed by atoms with E-state index in [4.69, 9.17) is 0 Å². The van der Waals surface area contributed by atoms with E-state index in [1.165, 1.54) is 30.3 Å². The number of hydrogen-bond donors (Lipinski definition) is 1. The minimum absolute atomic E-state index is 0.00944. The van der Waals surface area contributed by atoms with Crippen LogP contribution in [0.4, 0.5) is 29.1 Å². The van der Waals surface area contributed by atoms with Crippen molar-refractivity contribution in [3.8, 4) is 0 Å². The Bertz CT molecular complexity index is 950. The van der Waals surface area contributed by atoms with Crippen molar-refractivity contribution in [2.45, 2.75) is 31.5 Å². The second kappa shape index (κ2) is 8.25. The zero-order valence-electron chi connectivity index (χ0n) is 15.8. The predicted molar refractivity (Wildman–Crippen MR) is 99.6 cm³/mol. The summed E-state index contributed by atoms with van der Waals surface area (Å²) >= 11 is 0. The molecule has 1 N–H and O–H groups in total. The van der Waals surface area contributed by atoms with Crippen LogP contribution in [0.1, 0.15) is 23.5 Å². The lowest BCUT2D eigenvalue weighted by atomic mass is 9.85. The molecule has 1 aromatic heterocycles. The fourth-order valence-corrected chi connectivity index (χ4v) is 3.63.